The standard InChI is InChI=1S/C15H23ClN2O3S/c1-12(2)15(18-6-8-21-9-7-18)11-17-22(19,20)14-5-3-4-13(16)10-14/h3-5,10,12,15,17H,6-9,11H2,1-2H3/t15-/m1/s1. The summed E-state index contributed by atoms with van der Waals surface area (Å²) < 4.78 is 32.8. The molecule has 1 atom stereocenters. The van der Waals surface area contributed by atoms with Crippen molar-refractivity contribution in [2.75, 3.05) is 32.8 Å². The quantitative estimate of drug-likeness (QED) is 0.855. The molecule has 1 aromatic carbocycles. The Balaban J connectivity index is 2.05. The van der Waals surface area contributed by atoms with Gasteiger partial charge in [-0.1, -0.05) is 31.5 Å². The van der Waals surface area contributed by atoms with Crippen molar-refractivity contribution in [2.24, 2.45) is 5.92 Å². The normalized spacial score (nSPS) is 18.5. The zero-order chi connectivity index (χ0) is 16.2. The van der Waals surface area contributed by atoms with Gasteiger partial charge in [-0.25, -0.2) is 13.1 Å². The molecule has 0 saturated carbocycles. The molecule has 1 aromatic rings. The predicted octanol–water partition coefficient (Wildman–Crippen LogP) is 1.98. The predicted molar refractivity (Wildman–Crippen MR) is 87.7 cm³/mol. The Bertz CT molecular complexity index is 586. The highest BCUT2D eigenvalue weighted by Crippen LogP contribution is 2.17. The van der Waals surface area contributed by atoms with Crippen LogP contribution in [0.25, 0.3) is 0 Å². The Morgan fingerprint density at radius 3 is 2.59 bits per heavy atom. The minimum absolute atomic E-state index is 0.151. The summed E-state index contributed by atoms with van der Waals surface area (Å²) >= 11 is 5.87. The third-order valence-electron chi connectivity index (χ3n) is 3.87. The second-order valence-corrected chi connectivity index (χ2v) is 7.97. The number of nitrogens with one attached hydrogen (secondary N) is 1. The van der Waals surface area contributed by atoms with E-state index in [2.05, 4.69) is 23.5 Å². The monoisotopic (exact) mass is 346 g/mol. The molecule has 124 valence electrons. The molecule has 1 aliphatic heterocycles. The van der Waals surface area contributed by atoms with Gasteiger partial charge in [-0.2, -0.15) is 0 Å². The van der Waals surface area contributed by atoms with Gasteiger partial charge in [-0.3, -0.25) is 4.90 Å². The van der Waals surface area contributed by atoms with Gasteiger partial charge < -0.3 is 4.74 Å². The third kappa shape index (κ3) is 4.67. The van der Waals surface area contributed by atoms with Crippen molar-refractivity contribution < 1.29 is 13.2 Å². The fourth-order valence-corrected chi connectivity index (χ4v) is 3.96. The van der Waals surface area contributed by atoms with Crippen molar-refractivity contribution in [3.05, 3.63) is 29.3 Å². The van der Waals surface area contributed by atoms with E-state index < -0.39 is 10.0 Å². The lowest BCUT2D eigenvalue weighted by Crippen LogP contribution is -2.51. The molecule has 7 heteroatoms. The minimum atomic E-state index is -3.54. The van der Waals surface area contributed by atoms with E-state index in [1.807, 2.05) is 0 Å². The summed E-state index contributed by atoms with van der Waals surface area (Å²) in [6, 6.07) is 6.46. The maximum Gasteiger partial charge on any atom is 0.240 e. The minimum Gasteiger partial charge on any atom is -0.379 e. The SMILES string of the molecule is CC(C)[C@@H](CNS(=O)(=O)c1cccc(Cl)c1)N1CCOCC1. The van der Waals surface area contributed by atoms with E-state index in [-0.39, 0.29) is 10.9 Å². The van der Waals surface area contributed by atoms with Crippen molar-refractivity contribution in [3.8, 4) is 0 Å². The van der Waals surface area contributed by atoms with Gasteiger partial charge in [0, 0.05) is 30.7 Å². The van der Waals surface area contributed by atoms with Gasteiger partial charge in [0.1, 0.15) is 0 Å². The lowest BCUT2D eigenvalue weighted by Gasteiger charge is -2.36. The summed E-state index contributed by atoms with van der Waals surface area (Å²) in [4.78, 5) is 2.48. The Morgan fingerprint density at radius 2 is 2.00 bits per heavy atom. The number of morpholine rings is 1. The number of halogens is 1. The number of hydrogen-bond acceptors (Lipinski definition) is 4. The molecule has 0 bridgehead atoms. The maximum absolute atomic E-state index is 12.4. The van der Waals surface area contributed by atoms with E-state index in [1.54, 1.807) is 18.2 Å². The van der Waals surface area contributed by atoms with Crippen LogP contribution in [0.2, 0.25) is 5.02 Å². The van der Waals surface area contributed by atoms with Gasteiger partial charge in [0.2, 0.25) is 10.0 Å². The van der Waals surface area contributed by atoms with Gasteiger partial charge >= 0.3 is 0 Å². The Hall–Kier alpha value is -0.660. The first-order valence-electron chi connectivity index (χ1n) is 7.47. The molecule has 0 spiro atoms. The smallest absolute Gasteiger partial charge is 0.240 e. The number of sulfonamides is 1. The summed E-state index contributed by atoms with van der Waals surface area (Å²) in [6.07, 6.45) is 0. The highest BCUT2D eigenvalue weighted by atomic mass is 35.5. The topological polar surface area (TPSA) is 58.6 Å². The molecule has 0 radical (unpaired) electrons. The van der Waals surface area contributed by atoms with Crippen LogP contribution >= 0.6 is 11.6 Å². The Morgan fingerprint density at radius 1 is 1.32 bits per heavy atom. The second kappa shape index (κ2) is 7.75. The number of benzene rings is 1. The summed E-state index contributed by atoms with van der Waals surface area (Å²) in [6.45, 7) is 7.66. The molecule has 1 N–H and O–H groups in total. The second-order valence-electron chi connectivity index (χ2n) is 5.77. The summed E-state index contributed by atoms with van der Waals surface area (Å²) in [5.41, 5.74) is 0. The van der Waals surface area contributed by atoms with E-state index in [4.69, 9.17) is 16.3 Å². The summed E-state index contributed by atoms with van der Waals surface area (Å²) in [5.74, 6) is 0.347. The van der Waals surface area contributed by atoms with E-state index in [9.17, 15) is 8.42 Å². The summed E-state index contributed by atoms with van der Waals surface area (Å²) in [7, 11) is -3.54. The number of hydrogen-bond donors (Lipinski definition) is 1. The molecule has 0 aliphatic carbocycles. The molecule has 1 fully saturated rings. The van der Waals surface area contributed by atoms with Crippen LogP contribution in [0.15, 0.2) is 29.2 Å². The number of ether oxygens (including phenoxy) is 1. The van der Waals surface area contributed by atoms with Gasteiger partial charge in [-0.05, 0) is 24.1 Å². The molecule has 0 amide bonds. The highest BCUT2D eigenvalue weighted by molar-refractivity contribution is 7.89. The fraction of sp³-hybridized carbons (Fsp3) is 0.600. The number of nitrogens with zero attached hydrogens (tertiary/aromatic N) is 1. The summed E-state index contributed by atoms with van der Waals surface area (Å²) in [5, 5.41) is 0.413. The van der Waals surface area contributed by atoms with E-state index in [0.717, 1.165) is 13.1 Å². The molecule has 1 saturated heterocycles. The van der Waals surface area contributed by atoms with Crippen molar-refractivity contribution in [1.82, 2.24) is 9.62 Å². The molecular weight excluding hydrogens is 324 g/mol. The lowest BCUT2D eigenvalue weighted by atomic mass is 10.0. The molecule has 22 heavy (non-hydrogen) atoms. The van der Waals surface area contributed by atoms with Crippen LogP contribution in [0.4, 0.5) is 0 Å². The first kappa shape index (κ1) is 17.7. The average Bonchev–Trinajstić information content (AvgIpc) is 2.48. The Kier molecular flexibility index (Phi) is 6.23. The zero-order valence-corrected chi connectivity index (χ0v) is 14.5. The lowest BCUT2D eigenvalue weighted by molar-refractivity contribution is 0.00776. The molecule has 0 unspecified atom stereocenters. The maximum atomic E-state index is 12.4. The van der Waals surface area contributed by atoms with Crippen LogP contribution in [-0.4, -0.2) is 52.2 Å². The van der Waals surface area contributed by atoms with E-state index in [0.29, 0.717) is 30.7 Å². The molecule has 1 aliphatic rings. The van der Waals surface area contributed by atoms with Crippen molar-refractivity contribution >= 4 is 21.6 Å². The van der Waals surface area contributed by atoms with Crippen LogP contribution in [0, 0.1) is 5.92 Å². The average molecular weight is 347 g/mol. The molecular formula is C15H23ClN2O3S. The van der Waals surface area contributed by atoms with Gasteiger partial charge in [0.25, 0.3) is 0 Å². The Labute approximate surface area is 137 Å². The largest absolute Gasteiger partial charge is 0.379 e. The van der Waals surface area contributed by atoms with Crippen LogP contribution in [-0.2, 0) is 14.8 Å². The van der Waals surface area contributed by atoms with Gasteiger partial charge in [-0.15, -0.1) is 0 Å². The van der Waals surface area contributed by atoms with Crippen LogP contribution in [0.3, 0.4) is 0 Å². The zero-order valence-electron chi connectivity index (χ0n) is 13.0. The molecule has 1 heterocycles. The van der Waals surface area contributed by atoms with E-state index in [1.165, 1.54) is 6.07 Å². The van der Waals surface area contributed by atoms with E-state index >= 15 is 0 Å². The van der Waals surface area contributed by atoms with Crippen molar-refractivity contribution in [2.45, 2.75) is 24.8 Å². The van der Waals surface area contributed by atoms with Crippen LogP contribution in [0.5, 0.6) is 0 Å². The highest BCUT2D eigenvalue weighted by Gasteiger charge is 2.25. The first-order valence-corrected chi connectivity index (χ1v) is 9.33. The number of rotatable bonds is 6. The van der Waals surface area contributed by atoms with Gasteiger partial charge in [0.05, 0.1) is 18.1 Å². The van der Waals surface area contributed by atoms with Crippen molar-refractivity contribution in [1.29, 1.82) is 0 Å². The third-order valence-corrected chi connectivity index (χ3v) is 5.53. The van der Waals surface area contributed by atoms with Crippen molar-refractivity contribution in [3.63, 3.8) is 0 Å². The molecule has 2 rings (SSSR count). The van der Waals surface area contributed by atoms with Crippen LogP contribution in [0.1, 0.15) is 13.8 Å². The molecule has 0 aromatic heterocycles. The fourth-order valence-electron chi connectivity index (χ4n) is 2.61. The molecule has 5 nitrogen and oxygen atoms in total. The van der Waals surface area contributed by atoms with Gasteiger partial charge in [0.15, 0.2) is 0 Å². The van der Waals surface area contributed by atoms with Crippen LogP contribution < -0.4 is 4.72 Å². The first-order chi connectivity index (χ1) is 10.4.